The maximum Gasteiger partial charge on any atom is 0.416 e. The molecule has 2 amide bonds. The van der Waals surface area contributed by atoms with E-state index in [-0.39, 0.29) is 24.9 Å². The molecule has 1 atom stereocenters. The normalized spacial score (nSPS) is 20.6. The molecule has 0 spiro atoms. The Morgan fingerprint density at radius 3 is 2.35 bits per heavy atom. The molecule has 2 aromatic rings. The third-order valence-electron chi connectivity index (χ3n) is 5.78. The number of alkyl halides is 3. The van der Waals surface area contributed by atoms with Crippen molar-refractivity contribution in [2.24, 2.45) is 0 Å². The van der Waals surface area contributed by atoms with Crippen molar-refractivity contribution < 1.29 is 22.8 Å². The second kappa shape index (κ2) is 8.51. The summed E-state index contributed by atoms with van der Waals surface area (Å²) in [4.78, 5) is 30.5. The molecule has 0 aliphatic carbocycles. The highest BCUT2D eigenvalue weighted by Crippen LogP contribution is 2.34. The fourth-order valence-corrected chi connectivity index (χ4v) is 4.33. The van der Waals surface area contributed by atoms with Crippen LogP contribution in [0.5, 0.6) is 0 Å². The molecule has 1 unspecified atom stereocenters. The summed E-state index contributed by atoms with van der Waals surface area (Å²) in [6.45, 7) is 2.25. The number of benzene rings is 2. The number of likely N-dealkylation sites (tertiary alicyclic amines) is 1. The zero-order valence-corrected chi connectivity index (χ0v) is 17.4. The Kier molecular flexibility index (Phi) is 5.94. The number of piperazine rings is 1. The highest BCUT2D eigenvalue weighted by atomic mass is 35.5. The van der Waals surface area contributed by atoms with Gasteiger partial charge < -0.3 is 4.90 Å². The first-order valence-electron chi connectivity index (χ1n) is 9.97. The van der Waals surface area contributed by atoms with Gasteiger partial charge in [0.1, 0.15) is 0 Å². The van der Waals surface area contributed by atoms with E-state index in [1.165, 1.54) is 11.0 Å². The Hall–Kier alpha value is -2.58. The minimum Gasteiger partial charge on any atom is -0.369 e. The number of amides is 2. The van der Waals surface area contributed by atoms with Crippen LogP contribution in [-0.2, 0) is 15.8 Å². The molecule has 2 aliphatic heterocycles. The zero-order valence-electron chi connectivity index (χ0n) is 16.6. The lowest BCUT2D eigenvalue weighted by atomic mass is 9.98. The number of rotatable bonds is 4. The molecule has 2 saturated heterocycles. The third kappa shape index (κ3) is 4.55. The van der Waals surface area contributed by atoms with Gasteiger partial charge in [-0.25, -0.2) is 0 Å². The van der Waals surface area contributed by atoms with E-state index in [2.05, 4.69) is 0 Å². The molecule has 5 nitrogen and oxygen atoms in total. The van der Waals surface area contributed by atoms with Crippen LogP contribution >= 0.6 is 11.6 Å². The molecule has 0 aromatic heterocycles. The fraction of sp³-hybridized carbons (Fsp3) is 0.364. The first kappa shape index (κ1) is 21.6. The first-order chi connectivity index (χ1) is 14.7. The summed E-state index contributed by atoms with van der Waals surface area (Å²) in [5, 5.41) is 0.463. The van der Waals surface area contributed by atoms with Crippen molar-refractivity contribution in [2.45, 2.75) is 18.5 Å². The largest absolute Gasteiger partial charge is 0.416 e. The monoisotopic (exact) mass is 451 g/mol. The van der Waals surface area contributed by atoms with Gasteiger partial charge in [-0.1, -0.05) is 35.9 Å². The van der Waals surface area contributed by atoms with E-state index in [0.717, 1.165) is 12.1 Å². The van der Waals surface area contributed by atoms with Crippen LogP contribution in [0.15, 0.2) is 48.5 Å². The van der Waals surface area contributed by atoms with Crippen LogP contribution < -0.4 is 4.90 Å². The molecule has 164 valence electrons. The molecule has 2 fully saturated rings. The molecule has 4 rings (SSSR count). The number of hydrogen-bond donors (Lipinski definition) is 0. The third-order valence-corrected chi connectivity index (χ3v) is 6.12. The van der Waals surface area contributed by atoms with Gasteiger partial charge in [0, 0.05) is 43.3 Å². The second-order valence-electron chi connectivity index (χ2n) is 7.73. The Labute approximate surface area is 183 Å². The van der Waals surface area contributed by atoms with Crippen molar-refractivity contribution in [2.75, 3.05) is 37.7 Å². The summed E-state index contributed by atoms with van der Waals surface area (Å²) in [6, 6.07) is 12.3. The van der Waals surface area contributed by atoms with E-state index in [1.807, 2.05) is 9.80 Å². The van der Waals surface area contributed by atoms with Gasteiger partial charge in [-0.05, 0) is 29.8 Å². The van der Waals surface area contributed by atoms with E-state index in [0.29, 0.717) is 42.5 Å². The summed E-state index contributed by atoms with van der Waals surface area (Å²) >= 11 is 6.20. The van der Waals surface area contributed by atoms with Gasteiger partial charge >= 0.3 is 6.18 Å². The van der Waals surface area contributed by atoms with Crippen LogP contribution in [0.25, 0.3) is 0 Å². The molecule has 2 aromatic carbocycles. The van der Waals surface area contributed by atoms with Gasteiger partial charge in [-0.2, -0.15) is 13.2 Å². The quantitative estimate of drug-likeness (QED) is 0.660. The number of halogens is 4. The van der Waals surface area contributed by atoms with Gasteiger partial charge in [0.2, 0.25) is 11.8 Å². The zero-order chi connectivity index (χ0) is 22.2. The maximum atomic E-state index is 13.0. The number of imide groups is 1. The number of anilines is 1. The lowest BCUT2D eigenvalue weighted by molar-refractivity contribution is -0.141. The molecule has 0 saturated carbocycles. The van der Waals surface area contributed by atoms with Crippen LogP contribution in [-0.4, -0.2) is 54.5 Å². The Bertz CT molecular complexity index is 990. The Morgan fingerprint density at radius 1 is 0.968 bits per heavy atom. The molecule has 31 heavy (non-hydrogen) atoms. The molecule has 9 heteroatoms. The van der Waals surface area contributed by atoms with Crippen molar-refractivity contribution >= 4 is 29.1 Å². The predicted octanol–water partition coefficient (Wildman–Crippen LogP) is 3.98. The summed E-state index contributed by atoms with van der Waals surface area (Å²) in [5.41, 5.74) is 0.493. The minimum atomic E-state index is -4.38. The van der Waals surface area contributed by atoms with Crippen molar-refractivity contribution in [3.05, 3.63) is 64.7 Å². The number of carbonyl (C=O) groups excluding carboxylic acids is 2. The first-order valence-corrected chi connectivity index (χ1v) is 10.3. The highest BCUT2D eigenvalue weighted by Gasteiger charge is 2.41. The average Bonchev–Trinajstić information content (AvgIpc) is 3.02. The summed E-state index contributed by atoms with van der Waals surface area (Å²) in [7, 11) is 0. The van der Waals surface area contributed by atoms with E-state index in [9.17, 15) is 22.8 Å². The maximum absolute atomic E-state index is 13.0. The van der Waals surface area contributed by atoms with Crippen LogP contribution in [0.4, 0.5) is 18.9 Å². The van der Waals surface area contributed by atoms with Gasteiger partial charge in [0.05, 0.1) is 18.2 Å². The second-order valence-corrected chi connectivity index (χ2v) is 8.14. The van der Waals surface area contributed by atoms with Crippen molar-refractivity contribution in [3.8, 4) is 0 Å². The van der Waals surface area contributed by atoms with Gasteiger partial charge in [-0.15, -0.1) is 0 Å². The Balaban J connectivity index is 1.38. The van der Waals surface area contributed by atoms with Gasteiger partial charge in [0.15, 0.2) is 0 Å². The van der Waals surface area contributed by atoms with Gasteiger partial charge in [-0.3, -0.25) is 19.4 Å². The molecule has 0 bridgehead atoms. The molecule has 0 N–H and O–H groups in total. The smallest absolute Gasteiger partial charge is 0.369 e. The predicted molar refractivity (Wildman–Crippen MR) is 111 cm³/mol. The van der Waals surface area contributed by atoms with Gasteiger partial charge in [0.25, 0.3) is 0 Å². The van der Waals surface area contributed by atoms with Crippen LogP contribution in [0, 0.1) is 0 Å². The standard InChI is InChI=1S/C22H21ClF3N3O2/c23-19-7-2-1-6-17(19)18-13-20(30)29(21(18)31)14-27-8-10-28(11-9-27)16-5-3-4-15(12-16)22(24,25)26/h1-7,12,18H,8-11,13-14H2. The highest BCUT2D eigenvalue weighted by molar-refractivity contribution is 6.31. The number of hydrogen-bond acceptors (Lipinski definition) is 4. The number of carbonyl (C=O) groups is 2. The molecular weight excluding hydrogens is 431 g/mol. The van der Waals surface area contributed by atoms with E-state index < -0.39 is 17.7 Å². The van der Waals surface area contributed by atoms with Crippen LogP contribution in [0.2, 0.25) is 5.02 Å². The van der Waals surface area contributed by atoms with Crippen molar-refractivity contribution in [1.82, 2.24) is 9.80 Å². The fourth-order valence-electron chi connectivity index (χ4n) is 4.06. The average molecular weight is 452 g/mol. The van der Waals surface area contributed by atoms with Crippen molar-refractivity contribution in [1.29, 1.82) is 0 Å². The lowest BCUT2D eigenvalue weighted by Gasteiger charge is -2.37. The summed E-state index contributed by atoms with van der Waals surface area (Å²) in [6.07, 6.45) is -4.29. The van der Waals surface area contributed by atoms with E-state index in [4.69, 9.17) is 11.6 Å². The van der Waals surface area contributed by atoms with E-state index in [1.54, 1.807) is 30.3 Å². The van der Waals surface area contributed by atoms with Crippen molar-refractivity contribution in [3.63, 3.8) is 0 Å². The molecule has 0 radical (unpaired) electrons. The number of nitrogens with zero attached hydrogens (tertiary/aromatic N) is 3. The lowest BCUT2D eigenvalue weighted by Crippen LogP contribution is -2.51. The summed E-state index contributed by atoms with van der Waals surface area (Å²) in [5.74, 6) is -1.08. The van der Waals surface area contributed by atoms with E-state index >= 15 is 0 Å². The molecule has 2 aliphatic rings. The summed E-state index contributed by atoms with van der Waals surface area (Å²) < 4.78 is 38.9. The van der Waals surface area contributed by atoms with Crippen LogP contribution in [0.1, 0.15) is 23.5 Å². The minimum absolute atomic E-state index is 0.0900. The molecular formula is C22H21ClF3N3O2. The topological polar surface area (TPSA) is 43.9 Å². The SMILES string of the molecule is O=C1CC(c2ccccc2Cl)C(=O)N1CN1CCN(c2cccc(C(F)(F)F)c2)CC1. The molecule has 2 heterocycles. The Morgan fingerprint density at radius 2 is 1.68 bits per heavy atom. The van der Waals surface area contributed by atoms with Crippen LogP contribution in [0.3, 0.4) is 0 Å².